The predicted octanol–water partition coefficient (Wildman–Crippen LogP) is 6.07. The lowest BCUT2D eigenvalue weighted by Gasteiger charge is -2.31. The number of ether oxygens (including phenoxy) is 1. The molecule has 0 aliphatic carbocycles. The van der Waals surface area contributed by atoms with E-state index in [9.17, 15) is 4.79 Å². The molecule has 0 bridgehead atoms. The van der Waals surface area contributed by atoms with Crippen molar-refractivity contribution in [3.63, 3.8) is 0 Å². The average molecular weight is 449 g/mol. The molecular formula is C27H32N2O2S. The van der Waals surface area contributed by atoms with Gasteiger partial charge in [-0.1, -0.05) is 6.92 Å². The fraction of sp³-hybridized carbons (Fsp3) is 0.370. The number of likely N-dealkylation sites (tertiary alicyclic amines) is 1. The van der Waals surface area contributed by atoms with Crippen molar-refractivity contribution in [1.29, 1.82) is 0 Å². The van der Waals surface area contributed by atoms with Crippen molar-refractivity contribution in [3.8, 4) is 22.7 Å². The minimum absolute atomic E-state index is 0.271. The van der Waals surface area contributed by atoms with Crippen LogP contribution in [0.5, 0.6) is 5.75 Å². The number of thioether (sulfide) groups is 1. The van der Waals surface area contributed by atoms with Gasteiger partial charge in [-0.3, -0.25) is 4.79 Å². The molecule has 1 aromatic heterocycles. The Morgan fingerprint density at radius 1 is 1.06 bits per heavy atom. The molecule has 4 rings (SSSR count). The zero-order valence-corrected chi connectivity index (χ0v) is 20.0. The highest BCUT2D eigenvalue weighted by Crippen LogP contribution is 2.30. The van der Waals surface area contributed by atoms with E-state index >= 15 is 0 Å². The summed E-state index contributed by atoms with van der Waals surface area (Å²) < 4.78 is 7.62. The molecule has 1 fully saturated rings. The SMILES string of the molecule is COc1ccc(-c2ccc(CCC(=O)N3CCC[C@H](C)C3)n2-c2ccc(SC)cc2)cc1. The number of amides is 1. The van der Waals surface area contributed by atoms with Crippen LogP contribution in [-0.2, 0) is 11.2 Å². The fourth-order valence-corrected chi connectivity index (χ4v) is 4.91. The van der Waals surface area contributed by atoms with Gasteiger partial charge in [-0.15, -0.1) is 11.8 Å². The first-order valence-corrected chi connectivity index (χ1v) is 12.6. The molecule has 3 aromatic rings. The van der Waals surface area contributed by atoms with Crippen LogP contribution < -0.4 is 4.74 Å². The lowest BCUT2D eigenvalue weighted by Crippen LogP contribution is -2.39. The van der Waals surface area contributed by atoms with Crippen molar-refractivity contribution in [1.82, 2.24) is 9.47 Å². The van der Waals surface area contributed by atoms with E-state index in [0.29, 0.717) is 12.3 Å². The van der Waals surface area contributed by atoms with Crippen molar-refractivity contribution in [2.75, 3.05) is 26.5 Å². The van der Waals surface area contributed by atoms with Gasteiger partial charge in [-0.25, -0.2) is 0 Å². The first kappa shape index (κ1) is 22.5. The van der Waals surface area contributed by atoms with Gasteiger partial charge in [0.2, 0.25) is 5.91 Å². The molecule has 32 heavy (non-hydrogen) atoms. The van der Waals surface area contributed by atoms with E-state index in [1.54, 1.807) is 18.9 Å². The Morgan fingerprint density at radius 2 is 1.81 bits per heavy atom. The van der Waals surface area contributed by atoms with E-state index in [4.69, 9.17) is 4.74 Å². The van der Waals surface area contributed by atoms with E-state index in [-0.39, 0.29) is 5.91 Å². The van der Waals surface area contributed by atoms with Crippen LogP contribution in [0.3, 0.4) is 0 Å². The van der Waals surface area contributed by atoms with E-state index in [1.807, 2.05) is 12.1 Å². The average Bonchev–Trinajstić information content (AvgIpc) is 3.26. The summed E-state index contributed by atoms with van der Waals surface area (Å²) >= 11 is 1.74. The maximum Gasteiger partial charge on any atom is 0.222 e. The topological polar surface area (TPSA) is 34.5 Å². The van der Waals surface area contributed by atoms with E-state index in [2.05, 4.69) is 71.2 Å². The summed E-state index contributed by atoms with van der Waals surface area (Å²) in [6.07, 6.45) is 5.70. The third kappa shape index (κ3) is 5.04. The van der Waals surface area contributed by atoms with Crippen LogP contribution in [0.25, 0.3) is 16.9 Å². The quantitative estimate of drug-likeness (QED) is 0.412. The summed E-state index contributed by atoms with van der Waals surface area (Å²) in [7, 11) is 1.68. The molecule has 0 saturated carbocycles. The molecular weight excluding hydrogens is 416 g/mol. The number of methoxy groups -OCH3 is 1. The molecule has 1 saturated heterocycles. The van der Waals surface area contributed by atoms with Crippen molar-refractivity contribution in [2.24, 2.45) is 5.92 Å². The largest absolute Gasteiger partial charge is 0.497 e. The molecule has 0 radical (unpaired) electrons. The molecule has 1 aliphatic heterocycles. The van der Waals surface area contributed by atoms with Gasteiger partial charge in [-0.05, 0) is 97.7 Å². The van der Waals surface area contributed by atoms with E-state index < -0.39 is 0 Å². The Labute approximate surface area is 195 Å². The van der Waals surface area contributed by atoms with Crippen molar-refractivity contribution >= 4 is 17.7 Å². The molecule has 1 amide bonds. The summed E-state index contributed by atoms with van der Waals surface area (Å²) in [5, 5.41) is 0. The molecule has 0 spiro atoms. The number of piperidine rings is 1. The number of hydrogen-bond acceptors (Lipinski definition) is 3. The van der Waals surface area contributed by atoms with Crippen molar-refractivity contribution in [3.05, 3.63) is 66.4 Å². The Hall–Kier alpha value is -2.66. The summed E-state index contributed by atoms with van der Waals surface area (Å²) in [5.41, 5.74) is 4.53. The summed E-state index contributed by atoms with van der Waals surface area (Å²) in [4.78, 5) is 16.2. The standard InChI is InChI=1S/C27H32N2O2S/c1-20-5-4-18-28(19-20)27(30)17-11-23-10-16-26(21-6-12-24(31-2)13-7-21)29(23)22-8-14-25(32-3)15-9-22/h6-10,12-16,20H,4-5,11,17-19H2,1-3H3/t20-/m0/s1. The number of benzene rings is 2. The zero-order valence-electron chi connectivity index (χ0n) is 19.2. The Kier molecular flexibility index (Phi) is 7.26. The highest BCUT2D eigenvalue weighted by atomic mass is 32.2. The second-order valence-corrected chi connectivity index (χ2v) is 9.44. The minimum atomic E-state index is 0.271. The number of carbonyl (C=O) groups excluding carboxylic acids is 1. The van der Waals surface area contributed by atoms with E-state index in [1.165, 1.54) is 11.3 Å². The number of aryl methyl sites for hydroxylation is 1. The van der Waals surface area contributed by atoms with Gasteiger partial charge in [0.1, 0.15) is 5.75 Å². The zero-order chi connectivity index (χ0) is 22.5. The lowest BCUT2D eigenvalue weighted by molar-refractivity contribution is -0.132. The molecule has 5 heteroatoms. The molecule has 0 unspecified atom stereocenters. The number of hydrogen-bond donors (Lipinski definition) is 0. The van der Waals surface area contributed by atoms with Crippen molar-refractivity contribution in [2.45, 2.75) is 37.5 Å². The van der Waals surface area contributed by atoms with Crippen LogP contribution in [0.4, 0.5) is 0 Å². The third-order valence-corrected chi connectivity index (χ3v) is 7.03. The molecule has 1 aliphatic rings. The highest BCUT2D eigenvalue weighted by molar-refractivity contribution is 7.98. The molecule has 4 nitrogen and oxygen atoms in total. The predicted molar refractivity (Wildman–Crippen MR) is 133 cm³/mol. The molecule has 2 aromatic carbocycles. The van der Waals surface area contributed by atoms with Gasteiger partial charge in [-0.2, -0.15) is 0 Å². The van der Waals surface area contributed by atoms with Gasteiger partial charge in [0.15, 0.2) is 0 Å². The van der Waals surface area contributed by atoms with E-state index in [0.717, 1.165) is 54.3 Å². The van der Waals surface area contributed by atoms with Gasteiger partial charge >= 0.3 is 0 Å². The normalized spacial score (nSPS) is 16.2. The number of rotatable bonds is 7. The first-order valence-electron chi connectivity index (χ1n) is 11.4. The second kappa shape index (κ2) is 10.3. The lowest BCUT2D eigenvalue weighted by atomic mass is 10.00. The molecule has 2 heterocycles. The van der Waals surface area contributed by atoms with Crippen LogP contribution >= 0.6 is 11.8 Å². The number of carbonyl (C=O) groups is 1. The van der Waals surface area contributed by atoms with Crippen LogP contribution in [0.15, 0.2) is 65.6 Å². The Bertz CT molecular complexity index is 1040. The number of nitrogens with zero attached hydrogens (tertiary/aromatic N) is 2. The summed E-state index contributed by atoms with van der Waals surface area (Å²) in [5.74, 6) is 1.72. The Balaban J connectivity index is 1.62. The smallest absolute Gasteiger partial charge is 0.222 e. The van der Waals surface area contributed by atoms with Gasteiger partial charge in [0.05, 0.1) is 12.8 Å². The summed E-state index contributed by atoms with van der Waals surface area (Å²) in [6, 6.07) is 21.1. The van der Waals surface area contributed by atoms with Crippen LogP contribution in [0, 0.1) is 5.92 Å². The number of aromatic nitrogens is 1. The van der Waals surface area contributed by atoms with Crippen molar-refractivity contribution < 1.29 is 9.53 Å². The highest BCUT2D eigenvalue weighted by Gasteiger charge is 2.21. The third-order valence-electron chi connectivity index (χ3n) is 6.28. The van der Waals surface area contributed by atoms with Gasteiger partial charge in [0, 0.05) is 35.8 Å². The second-order valence-electron chi connectivity index (χ2n) is 8.56. The van der Waals surface area contributed by atoms with Crippen LogP contribution in [0.1, 0.15) is 31.9 Å². The Morgan fingerprint density at radius 3 is 2.47 bits per heavy atom. The van der Waals surface area contributed by atoms with Gasteiger partial charge in [0.25, 0.3) is 0 Å². The molecule has 168 valence electrons. The maximum absolute atomic E-state index is 12.9. The minimum Gasteiger partial charge on any atom is -0.497 e. The molecule has 1 atom stereocenters. The van der Waals surface area contributed by atoms with Crippen LogP contribution in [0.2, 0.25) is 0 Å². The fourth-order valence-electron chi connectivity index (χ4n) is 4.51. The maximum atomic E-state index is 12.9. The monoisotopic (exact) mass is 448 g/mol. The summed E-state index contributed by atoms with van der Waals surface area (Å²) in [6.45, 7) is 4.04. The van der Waals surface area contributed by atoms with Crippen LogP contribution in [-0.4, -0.2) is 41.8 Å². The first-order chi connectivity index (χ1) is 15.6. The van der Waals surface area contributed by atoms with Gasteiger partial charge < -0.3 is 14.2 Å². The molecule has 0 N–H and O–H groups in total.